The average molecular weight is 457 g/mol. The van der Waals surface area contributed by atoms with Crippen LogP contribution in [0.15, 0.2) is 53.7 Å². The average Bonchev–Trinajstić information content (AvgIpc) is 2.79. The SMILES string of the molecule is COc1ccc(C)cc1/C=C/CO/N=C(/C)C(=O)O.COc1ccc(C)cc1/C=C/CON. The lowest BCUT2D eigenvalue weighted by atomic mass is 10.1. The van der Waals surface area contributed by atoms with Gasteiger partial charge in [-0.15, -0.1) is 0 Å². The topological polar surface area (TPSA) is 113 Å². The number of hydrogen-bond donors (Lipinski definition) is 2. The van der Waals surface area contributed by atoms with Gasteiger partial charge in [-0.05, 0) is 51.1 Å². The van der Waals surface area contributed by atoms with Crippen molar-refractivity contribution in [2.45, 2.75) is 20.8 Å². The van der Waals surface area contributed by atoms with Crippen molar-refractivity contribution in [3.8, 4) is 11.5 Å². The van der Waals surface area contributed by atoms with Gasteiger partial charge in [0.2, 0.25) is 0 Å². The van der Waals surface area contributed by atoms with Gasteiger partial charge in [0, 0.05) is 11.1 Å². The fraction of sp³-hybridized carbons (Fsp3) is 0.280. The molecule has 8 heteroatoms. The zero-order chi connectivity index (χ0) is 24.6. The molecule has 8 nitrogen and oxygen atoms in total. The number of carboxylic acid groups (broad SMARTS) is 1. The van der Waals surface area contributed by atoms with Gasteiger partial charge < -0.3 is 24.3 Å². The van der Waals surface area contributed by atoms with Gasteiger partial charge in [-0.1, -0.05) is 46.6 Å². The first-order chi connectivity index (χ1) is 15.8. The number of nitrogens with two attached hydrogens (primary N) is 1. The molecule has 0 heterocycles. The second kappa shape index (κ2) is 15.2. The lowest BCUT2D eigenvalue weighted by Gasteiger charge is -2.05. The van der Waals surface area contributed by atoms with E-state index in [0.717, 1.165) is 28.2 Å². The summed E-state index contributed by atoms with van der Waals surface area (Å²) in [5.41, 5.74) is 4.20. The van der Waals surface area contributed by atoms with Gasteiger partial charge >= 0.3 is 5.97 Å². The first-order valence-corrected chi connectivity index (χ1v) is 10.2. The Labute approximate surface area is 194 Å². The van der Waals surface area contributed by atoms with E-state index in [4.69, 9.17) is 25.3 Å². The maximum atomic E-state index is 10.5. The van der Waals surface area contributed by atoms with Crippen LogP contribution in [-0.2, 0) is 14.5 Å². The highest BCUT2D eigenvalue weighted by Crippen LogP contribution is 2.21. The standard InChI is InChI=1S/C14H17NO4.C11H15NO2/c1-10-6-7-13(18-3)12(9-10)5-4-8-19-15-11(2)14(16)17;1-9-5-6-11(13-2)10(8-9)4-3-7-14-12/h4-7,9H,8H2,1-3H3,(H,16,17);3-6,8H,7,12H2,1-2H3/b5-4+,15-11-;4-3+. The molecule has 0 amide bonds. The molecular formula is C25H32N2O6. The summed E-state index contributed by atoms with van der Waals surface area (Å²) in [7, 11) is 3.26. The molecule has 2 aromatic carbocycles. The zero-order valence-electron chi connectivity index (χ0n) is 19.7. The maximum absolute atomic E-state index is 10.5. The summed E-state index contributed by atoms with van der Waals surface area (Å²) >= 11 is 0. The highest BCUT2D eigenvalue weighted by Gasteiger charge is 2.01. The Balaban J connectivity index is 0.000000346. The van der Waals surface area contributed by atoms with Crippen molar-refractivity contribution in [3.63, 3.8) is 0 Å². The summed E-state index contributed by atoms with van der Waals surface area (Å²) in [6.07, 6.45) is 7.36. The Morgan fingerprint density at radius 2 is 1.42 bits per heavy atom. The van der Waals surface area contributed by atoms with E-state index < -0.39 is 5.97 Å². The smallest absolute Gasteiger partial charge is 0.353 e. The molecule has 2 aromatic rings. The summed E-state index contributed by atoms with van der Waals surface area (Å²) in [6.45, 7) is 6.00. The van der Waals surface area contributed by atoms with E-state index in [9.17, 15) is 4.79 Å². The highest BCUT2D eigenvalue weighted by molar-refractivity contribution is 6.34. The maximum Gasteiger partial charge on any atom is 0.353 e. The Hall–Kier alpha value is -3.62. The number of aliphatic carboxylic acids is 1. The van der Waals surface area contributed by atoms with Gasteiger partial charge in [0.15, 0.2) is 5.71 Å². The number of aryl methyl sites for hydroxylation is 2. The molecule has 0 aliphatic heterocycles. The van der Waals surface area contributed by atoms with Crippen LogP contribution >= 0.6 is 0 Å². The predicted molar refractivity (Wildman–Crippen MR) is 130 cm³/mol. The molecule has 0 aliphatic carbocycles. The molecule has 0 atom stereocenters. The quantitative estimate of drug-likeness (QED) is 0.309. The Morgan fingerprint density at radius 3 is 1.85 bits per heavy atom. The van der Waals surface area contributed by atoms with Gasteiger partial charge in [-0.25, -0.2) is 10.7 Å². The molecule has 0 bridgehead atoms. The van der Waals surface area contributed by atoms with Crippen molar-refractivity contribution >= 4 is 23.8 Å². The minimum absolute atomic E-state index is 0.0819. The molecule has 0 radical (unpaired) electrons. The van der Waals surface area contributed by atoms with Crippen LogP contribution in [0.2, 0.25) is 0 Å². The molecule has 3 N–H and O–H groups in total. The summed E-state index contributed by atoms with van der Waals surface area (Å²) in [4.78, 5) is 19.8. The van der Waals surface area contributed by atoms with E-state index in [1.807, 2.05) is 68.5 Å². The summed E-state index contributed by atoms with van der Waals surface area (Å²) in [5, 5.41) is 12.0. The van der Waals surface area contributed by atoms with Crippen LogP contribution in [0.1, 0.15) is 29.2 Å². The van der Waals surface area contributed by atoms with Crippen LogP contribution in [0.5, 0.6) is 11.5 Å². The third kappa shape index (κ3) is 10.5. The third-order valence-electron chi connectivity index (χ3n) is 4.24. The van der Waals surface area contributed by atoms with E-state index in [1.165, 1.54) is 12.5 Å². The van der Waals surface area contributed by atoms with Gasteiger partial charge in [0.25, 0.3) is 0 Å². The molecule has 0 saturated carbocycles. The minimum Gasteiger partial charge on any atom is -0.496 e. The summed E-state index contributed by atoms with van der Waals surface area (Å²) in [6, 6.07) is 11.8. The lowest BCUT2D eigenvalue weighted by Crippen LogP contribution is -2.08. The van der Waals surface area contributed by atoms with Crippen LogP contribution in [0, 0.1) is 13.8 Å². The molecule has 0 aromatic heterocycles. The number of rotatable bonds is 10. The second-order valence-electron chi connectivity index (χ2n) is 6.91. The molecule has 178 valence electrons. The number of ether oxygens (including phenoxy) is 2. The molecule has 33 heavy (non-hydrogen) atoms. The zero-order valence-corrected chi connectivity index (χ0v) is 19.7. The van der Waals surface area contributed by atoms with Gasteiger partial charge in [0.1, 0.15) is 18.1 Å². The van der Waals surface area contributed by atoms with Gasteiger partial charge in [-0.2, -0.15) is 0 Å². The Kier molecular flexibility index (Phi) is 12.6. The van der Waals surface area contributed by atoms with Crippen molar-refractivity contribution < 1.29 is 29.0 Å². The molecule has 0 saturated heterocycles. The molecule has 0 unspecified atom stereocenters. The van der Waals surface area contributed by atoms with E-state index in [1.54, 1.807) is 20.3 Å². The van der Waals surface area contributed by atoms with Crippen molar-refractivity contribution in [3.05, 3.63) is 70.8 Å². The molecule has 0 fully saturated rings. The number of carbonyl (C=O) groups is 1. The van der Waals surface area contributed by atoms with Gasteiger partial charge in [0.05, 0.1) is 20.8 Å². The molecular weight excluding hydrogens is 424 g/mol. The fourth-order valence-corrected chi connectivity index (χ4v) is 2.59. The minimum atomic E-state index is -1.09. The summed E-state index contributed by atoms with van der Waals surface area (Å²) in [5.74, 6) is 5.44. The van der Waals surface area contributed by atoms with Crippen molar-refractivity contribution in [1.82, 2.24) is 0 Å². The monoisotopic (exact) mass is 456 g/mol. The van der Waals surface area contributed by atoms with Crippen LogP contribution in [0.25, 0.3) is 12.2 Å². The van der Waals surface area contributed by atoms with Crippen LogP contribution in [-0.4, -0.2) is 44.2 Å². The Bertz CT molecular complexity index is 983. The Morgan fingerprint density at radius 1 is 0.939 bits per heavy atom. The highest BCUT2D eigenvalue weighted by atomic mass is 16.6. The predicted octanol–water partition coefficient (Wildman–Crippen LogP) is 4.40. The molecule has 2 rings (SSSR count). The summed E-state index contributed by atoms with van der Waals surface area (Å²) < 4.78 is 10.4. The number of hydrogen-bond acceptors (Lipinski definition) is 7. The van der Waals surface area contributed by atoms with E-state index in [0.29, 0.717) is 6.61 Å². The van der Waals surface area contributed by atoms with Crippen LogP contribution in [0.4, 0.5) is 0 Å². The largest absolute Gasteiger partial charge is 0.496 e. The normalized spacial score (nSPS) is 11.3. The number of oxime groups is 1. The first-order valence-electron chi connectivity index (χ1n) is 10.2. The third-order valence-corrected chi connectivity index (χ3v) is 4.24. The number of nitrogens with zero attached hydrogens (tertiary/aromatic N) is 1. The number of carboxylic acids is 1. The fourth-order valence-electron chi connectivity index (χ4n) is 2.59. The number of methoxy groups -OCH3 is 2. The van der Waals surface area contributed by atoms with Gasteiger partial charge in [-0.3, -0.25) is 0 Å². The van der Waals surface area contributed by atoms with E-state index in [-0.39, 0.29) is 12.3 Å². The molecule has 0 aliphatic rings. The van der Waals surface area contributed by atoms with Crippen molar-refractivity contribution in [2.24, 2.45) is 11.1 Å². The van der Waals surface area contributed by atoms with E-state index >= 15 is 0 Å². The number of benzene rings is 2. The van der Waals surface area contributed by atoms with Crippen LogP contribution in [0.3, 0.4) is 0 Å². The first kappa shape index (κ1) is 27.4. The second-order valence-corrected chi connectivity index (χ2v) is 6.91. The van der Waals surface area contributed by atoms with E-state index in [2.05, 4.69) is 9.99 Å². The van der Waals surface area contributed by atoms with Crippen LogP contribution < -0.4 is 15.4 Å². The van der Waals surface area contributed by atoms with Crippen molar-refractivity contribution in [2.75, 3.05) is 27.4 Å². The molecule has 0 spiro atoms. The lowest BCUT2D eigenvalue weighted by molar-refractivity contribution is -0.129. The van der Waals surface area contributed by atoms with Crippen molar-refractivity contribution in [1.29, 1.82) is 0 Å².